The molecule has 0 bridgehead atoms. The number of hydrogen-bond donors (Lipinski definition) is 1. The van der Waals surface area contributed by atoms with Crippen molar-refractivity contribution in [1.29, 1.82) is 0 Å². The molecule has 1 aliphatic heterocycles. The molecule has 0 amide bonds. The van der Waals surface area contributed by atoms with Crippen LogP contribution in [-0.4, -0.2) is 28.9 Å². The van der Waals surface area contributed by atoms with Crippen molar-refractivity contribution in [2.24, 2.45) is 5.92 Å². The summed E-state index contributed by atoms with van der Waals surface area (Å²) >= 11 is 0. The molecule has 2 heterocycles. The zero-order chi connectivity index (χ0) is 10.8. The molecule has 0 radical (unpaired) electrons. The highest BCUT2D eigenvalue weighted by atomic mass is 16.5. The Hall–Kier alpha value is -1.29. The first-order chi connectivity index (χ1) is 7.20. The van der Waals surface area contributed by atoms with Gasteiger partial charge in [-0.3, -0.25) is 0 Å². The number of aromatic carboxylic acids is 1. The number of carbonyl (C=O) groups is 1. The van der Waals surface area contributed by atoms with Gasteiger partial charge in [-0.25, -0.2) is 4.79 Å². The minimum atomic E-state index is -0.870. The lowest BCUT2D eigenvalue weighted by Crippen LogP contribution is -2.19. The largest absolute Gasteiger partial charge is 0.477 e. The van der Waals surface area contributed by atoms with E-state index < -0.39 is 5.97 Å². The van der Waals surface area contributed by atoms with Crippen molar-refractivity contribution in [3.05, 3.63) is 24.0 Å². The topological polar surface area (TPSA) is 51.5 Å². The van der Waals surface area contributed by atoms with Crippen LogP contribution < -0.4 is 0 Å². The van der Waals surface area contributed by atoms with E-state index in [-0.39, 0.29) is 6.04 Å². The fourth-order valence-corrected chi connectivity index (χ4v) is 2.09. The van der Waals surface area contributed by atoms with E-state index in [1.54, 1.807) is 12.1 Å². The summed E-state index contributed by atoms with van der Waals surface area (Å²) in [5, 5.41) is 8.99. The van der Waals surface area contributed by atoms with Crippen molar-refractivity contribution in [3.8, 4) is 0 Å². The molecule has 1 saturated heterocycles. The van der Waals surface area contributed by atoms with Gasteiger partial charge in [0.1, 0.15) is 5.69 Å². The predicted octanol–water partition coefficient (Wildman–Crippen LogP) is 1.78. The molecule has 0 aliphatic carbocycles. The highest BCUT2D eigenvalue weighted by Gasteiger charge is 2.25. The van der Waals surface area contributed by atoms with E-state index in [0.29, 0.717) is 11.6 Å². The van der Waals surface area contributed by atoms with Gasteiger partial charge in [-0.05, 0) is 25.5 Å². The minimum absolute atomic E-state index is 0.189. The first kappa shape index (κ1) is 10.2. The van der Waals surface area contributed by atoms with Crippen LogP contribution in [0.3, 0.4) is 0 Å². The van der Waals surface area contributed by atoms with Gasteiger partial charge in [0.05, 0.1) is 6.61 Å². The second-order valence-electron chi connectivity index (χ2n) is 3.97. The molecule has 4 heteroatoms. The number of aromatic nitrogens is 1. The zero-order valence-corrected chi connectivity index (χ0v) is 8.72. The zero-order valence-electron chi connectivity index (χ0n) is 8.72. The molecule has 0 spiro atoms. The highest BCUT2D eigenvalue weighted by Crippen LogP contribution is 2.27. The van der Waals surface area contributed by atoms with Crippen LogP contribution in [0.5, 0.6) is 0 Å². The molecule has 1 aromatic heterocycles. The van der Waals surface area contributed by atoms with Crippen molar-refractivity contribution in [3.63, 3.8) is 0 Å². The van der Waals surface area contributed by atoms with Crippen molar-refractivity contribution in [2.75, 3.05) is 13.2 Å². The SMILES string of the molecule is CC(C1CCOC1)n1cccc1C(=O)O. The number of nitrogens with zero attached hydrogens (tertiary/aromatic N) is 1. The Morgan fingerprint density at radius 3 is 3.13 bits per heavy atom. The van der Waals surface area contributed by atoms with Crippen LogP contribution in [0.4, 0.5) is 0 Å². The Morgan fingerprint density at radius 2 is 2.53 bits per heavy atom. The van der Waals surface area contributed by atoms with E-state index in [1.807, 2.05) is 17.7 Å². The normalized spacial score (nSPS) is 22.9. The van der Waals surface area contributed by atoms with Gasteiger partial charge in [-0.2, -0.15) is 0 Å². The molecule has 2 atom stereocenters. The lowest BCUT2D eigenvalue weighted by molar-refractivity contribution is 0.0680. The van der Waals surface area contributed by atoms with Crippen LogP contribution in [-0.2, 0) is 4.74 Å². The Morgan fingerprint density at radius 1 is 1.73 bits per heavy atom. The number of carboxylic acid groups (broad SMARTS) is 1. The molecule has 2 rings (SSSR count). The first-order valence-corrected chi connectivity index (χ1v) is 5.18. The summed E-state index contributed by atoms with van der Waals surface area (Å²) in [4.78, 5) is 11.0. The van der Waals surface area contributed by atoms with Gasteiger partial charge in [0, 0.05) is 24.8 Å². The fourth-order valence-electron chi connectivity index (χ4n) is 2.09. The maximum absolute atomic E-state index is 11.0. The van der Waals surface area contributed by atoms with Crippen molar-refractivity contribution in [1.82, 2.24) is 4.57 Å². The third-order valence-corrected chi connectivity index (χ3v) is 3.08. The fraction of sp³-hybridized carbons (Fsp3) is 0.545. The van der Waals surface area contributed by atoms with Gasteiger partial charge in [-0.15, -0.1) is 0 Å². The van der Waals surface area contributed by atoms with Crippen LogP contribution in [0.2, 0.25) is 0 Å². The Kier molecular flexibility index (Phi) is 2.77. The molecule has 4 nitrogen and oxygen atoms in total. The molecular formula is C11H15NO3. The van der Waals surface area contributed by atoms with Gasteiger partial charge in [0.15, 0.2) is 0 Å². The van der Waals surface area contributed by atoms with E-state index in [1.165, 1.54) is 0 Å². The summed E-state index contributed by atoms with van der Waals surface area (Å²) in [6.45, 7) is 3.57. The molecule has 0 aromatic carbocycles. The molecule has 1 fully saturated rings. The standard InChI is InChI=1S/C11H15NO3/c1-8(9-4-6-15-7-9)12-5-2-3-10(12)11(13)14/h2-3,5,8-9H,4,6-7H2,1H3,(H,13,14). The van der Waals surface area contributed by atoms with Crippen LogP contribution in [0.15, 0.2) is 18.3 Å². The third kappa shape index (κ3) is 1.90. The smallest absolute Gasteiger partial charge is 0.352 e. The Labute approximate surface area is 88.5 Å². The Balaban J connectivity index is 2.20. The average Bonchev–Trinajstić information content (AvgIpc) is 2.88. The quantitative estimate of drug-likeness (QED) is 0.825. The van der Waals surface area contributed by atoms with Gasteiger partial charge in [-0.1, -0.05) is 0 Å². The molecule has 2 unspecified atom stereocenters. The van der Waals surface area contributed by atoms with E-state index in [2.05, 4.69) is 0 Å². The Bertz CT molecular complexity index is 352. The van der Waals surface area contributed by atoms with Crippen molar-refractivity contribution >= 4 is 5.97 Å². The number of rotatable bonds is 3. The molecule has 1 aromatic rings. The summed E-state index contributed by atoms with van der Waals surface area (Å²) in [6.07, 6.45) is 2.84. The van der Waals surface area contributed by atoms with Crippen molar-refractivity contribution < 1.29 is 14.6 Å². The van der Waals surface area contributed by atoms with E-state index in [4.69, 9.17) is 9.84 Å². The molecule has 15 heavy (non-hydrogen) atoms. The lowest BCUT2D eigenvalue weighted by atomic mass is 10.0. The number of carboxylic acids is 1. The number of hydrogen-bond acceptors (Lipinski definition) is 2. The second kappa shape index (κ2) is 4.06. The molecule has 1 aliphatic rings. The molecular weight excluding hydrogens is 194 g/mol. The summed E-state index contributed by atoms with van der Waals surface area (Å²) in [7, 11) is 0. The monoisotopic (exact) mass is 209 g/mol. The van der Waals surface area contributed by atoms with Crippen LogP contribution in [0, 0.1) is 5.92 Å². The summed E-state index contributed by atoms with van der Waals surface area (Å²) < 4.78 is 7.14. The minimum Gasteiger partial charge on any atom is -0.477 e. The average molecular weight is 209 g/mol. The number of ether oxygens (including phenoxy) is 1. The van der Waals surface area contributed by atoms with Crippen LogP contribution >= 0.6 is 0 Å². The summed E-state index contributed by atoms with van der Waals surface area (Å²) in [5.41, 5.74) is 0.356. The van der Waals surface area contributed by atoms with E-state index in [9.17, 15) is 4.79 Å². The second-order valence-corrected chi connectivity index (χ2v) is 3.97. The maximum atomic E-state index is 11.0. The molecule has 82 valence electrons. The van der Waals surface area contributed by atoms with E-state index >= 15 is 0 Å². The maximum Gasteiger partial charge on any atom is 0.352 e. The van der Waals surface area contributed by atoms with Crippen LogP contribution in [0.25, 0.3) is 0 Å². The summed E-state index contributed by atoms with van der Waals surface area (Å²) in [5.74, 6) is -0.443. The third-order valence-electron chi connectivity index (χ3n) is 3.08. The predicted molar refractivity (Wildman–Crippen MR) is 55.0 cm³/mol. The molecule has 0 saturated carbocycles. The van der Waals surface area contributed by atoms with E-state index in [0.717, 1.165) is 19.6 Å². The lowest BCUT2D eigenvalue weighted by Gasteiger charge is -2.21. The summed E-state index contributed by atoms with van der Waals surface area (Å²) in [6, 6.07) is 3.60. The van der Waals surface area contributed by atoms with Gasteiger partial charge in [0.2, 0.25) is 0 Å². The van der Waals surface area contributed by atoms with Crippen LogP contribution in [0.1, 0.15) is 29.9 Å². The van der Waals surface area contributed by atoms with Gasteiger partial charge < -0.3 is 14.4 Å². The highest BCUT2D eigenvalue weighted by molar-refractivity contribution is 5.85. The first-order valence-electron chi connectivity index (χ1n) is 5.18. The molecule has 1 N–H and O–H groups in total. The van der Waals surface area contributed by atoms with Crippen molar-refractivity contribution in [2.45, 2.75) is 19.4 Å². The van der Waals surface area contributed by atoms with Gasteiger partial charge in [0.25, 0.3) is 0 Å². The van der Waals surface area contributed by atoms with Gasteiger partial charge >= 0.3 is 5.97 Å².